The van der Waals surface area contributed by atoms with E-state index in [0.717, 1.165) is 33.5 Å². The van der Waals surface area contributed by atoms with Crippen molar-refractivity contribution in [3.8, 4) is 11.5 Å². The molecule has 28 heavy (non-hydrogen) atoms. The molecule has 3 aromatic carbocycles. The Morgan fingerprint density at radius 3 is 2.11 bits per heavy atom. The van der Waals surface area contributed by atoms with Crippen LogP contribution in [0.25, 0.3) is 35.8 Å². The summed E-state index contributed by atoms with van der Waals surface area (Å²) >= 11 is 0. The Balaban J connectivity index is 1.54. The molecule has 0 radical (unpaired) electrons. The Morgan fingerprint density at radius 2 is 1.32 bits per heavy atom. The largest absolute Gasteiger partial charge is 0.403 e. The molecule has 134 valence electrons. The average Bonchev–Trinajstić information content (AvgIpc) is 3.19. The van der Waals surface area contributed by atoms with Gasteiger partial charge in [0.1, 0.15) is 0 Å². The van der Waals surface area contributed by atoms with Gasteiger partial charge in [-0.3, -0.25) is 0 Å². The Morgan fingerprint density at radius 1 is 0.643 bits per heavy atom. The molecule has 4 aromatic rings. The molecule has 4 aliphatic rings. The molecule has 0 saturated carbocycles. The van der Waals surface area contributed by atoms with Crippen molar-refractivity contribution in [3.63, 3.8) is 0 Å². The monoisotopic (exact) mass is 363 g/mol. The highest BCUT2D eigenvalue weighted by molar-refractivity contribution is 5.82. The topological polar surface area (TPSA) is 51.0 Å². The lowest BCUT2D eigenvalue weighted by atomic mass is 10.00. The van der Waals surface area contributed by atoms with E-state index < -0.39 is 0 Å². The number of hydrogen-bond donors (Lipinski definition) is 1. The van der Waals surface area contributed by atoms with E-state index in [1.807, 2.05) is 30.3 Å². The third-order valence-electron chi connectivity index (χ3n) is 4.62. The molecule has 1 aromatic heterocycles. The van der Waals surface area contributed by atoms with Gasteiger partial charge >= 0.3 is 6.01 Å². The van der Waals surface area contributed by atoms with Crippen molar-refractivity contribution < 1.29 is 4.42 Å². The zero-order chi connectivity index (χ0) is 18.8. The van der Waals surface area contributed by atoms with Crippen LogP contribution in [0.3, 0.4) is 0 Å². The van der Waals surface area contributed by atoms with Gasteiger partial charge in [-0.15, -0.1) is 5.10 Å². The van der Waals surface area contributed by atoms with E-state index in [-0.39, 0.29) is 0 Å². The highest BCUT2D eigenvalue weighted by Crippen LogP contribution is 2.29. The van der Waals surface area contributed by atoms with Crippen LogP contribution in [0.4, 0.5) is 11.7 Å². The second kappa shape index (κ2) is 7.00. The van der Waals surface area contributed by atoms with Gasteiger partial charge in [-0.2, -0.15) is 0 Å². The maximum atomic E-state index is 5.90. The number of aromatic nitrogens is 2. The lowest BCUT2D eigenvalue weighted by molar-refractivity contribution is 0.587. The molecule has 4 bridgehead atoms. The van der Waals surface area contributed by atoms with Crippen LogP contribution in [0.15, 0.2) is 77.2 Å². The lowest BCUT2D eigenvalue weighted by Crippen LogP contribution is -1.88. The normalized spacial score (nSPS) is 14.3. The van der Waals surface area contributed by atoms with Gasteiger partial charge in [-0.1, -0.05) is 84.0 Å². The minimum atomic E-state index is 0.369. The van der Waals surface area contributed by atoms with Crippen LogP contribution in [0.1, 0.15) is 22.3 Å². The van der Waals surface area contributed by atoms with Crippen LogP contribution in [0.2, 0.25) is 0 Å². The fourth-order valence-electron chi connectivity index (χ4n) is 3.13. The predicted molar refractivity (Wildman–Crippen MR) is 114 cm³/mol. The van der Waals surface area contributed by atoms with E-state index >= 15 is 0 Å². The Bertz CT molecular complexity index is 1170. The summed E-state index contributed by atoms with van der Waals surface area (Å²) in [5.74, 6) is 0.485. The number of para-hydroxylation sites is 1. The highest BCUT2D eigenvalue weighted by Gasteiger charge is 2.13. The maximum absolute atomic E-state index is 5.90. The van der Waals surface area contributed by atoms with Crippen LogP contribution in [-0.4, -0.2) is 10.2 Å². The maximum Gasteiger partial charge on any atom is 0.320 e. The molecule has 8 rings (SSSR count). The molecule has 4 heteroatoms. The number of nitrogens with zero attached hydrogens (tertiary/aromatic N) is 2. The number of hydrogen-bond acceptors (Lipinski definition) is 4. The first kappa shape index (κ1) is 16.3. The standard InChI is InChI=1S/C24H17N3O/c1-2-4-21(5-3-1)25-24-27-26-23(28-24)22-16-19-11-10-17-6-8-18(9-7-17)12-14-20(22)15-13-19/h1-16H,(H,25,27)/b11-10-,14-12-,17-10?,18-12?,19-11?,20-14?. The van der Waals surface area contributed by atoms with Crippen molar-refractivity contribution in [1.29, 1.82) is 0 Å². The number of nitrogens with one attached hydrogen (secondary N) is 1. The van der Waals surface area contributed by atoms with Gasteiger partial charge in [0, 0.05) is 11.3 Å². The highest BCUT2D eigenvalue weighted by atomic mass is 16.4. The van der Waals surface area contributed by atoms with Crippen molar-refractivity contribution in [2.45, 2.75) is 0 Å². The molecule has 1 heterocycles. The Hall–Kier alpha value is -3.92. The third-order valence-corrected chi connectivity index (χ3v) is 4.62. The van der Waals surface area contributed by atoms with Crippen LogP contribution in [0.5, 0.6) is 0 Å². The molecule has 0 saturated heterocycles. The number of anilines is 2. The zero-order valence-corrected chi connectivity index (χ0v) is 15.0. The van der Waals surface area contributed by atoms with Crippen LogP contribution in [0, 0.1) is 0 Å². The minimum absolute atomic E-state index is 0.369. The quantitative estimate of drug-likeness (QED) is 0.419. The molecule has 0 unspecified atom stereocenters. The van der Waals surface area contributed by atoms with Crippen molar-refractivity contribution in [2.24, 2.45) is 0 Å². The van der Waals surface area contributed by atoms with Gasteiger partial charge in [0.25, 0.3) is 0 Å². The Labute approximate surface area is 162 Å². The molecular weight excluding hydrogens is 346 g/mol. The summed E-state index contributed by atoms with van der Waals surface area (Å²) in [6, 6.07) is 24.8. The molecule has 0 aliphatic heterocycles. The third kappa shape index (κ3) is 3.35. The summed E-state index contributed by atoms with van der Waals surface area (Å²) in [4.78, 5) is 0. The second-order valence-corrected chi connectivity index (χ2v) is 6.58. The van der Waals surface area contributed by atoms with Crippen LogP contribution >= 0.6 is 0 Å². The Kier molecular flexibility index (Phi) is 4.07. The first-order valence-electron chi connectivity index (χ1n) is 9.10. The zero-order valence-electron chi connectivity index (χ0n) is 15.0. The molecule has 0 spiro atoms. The molecule has 1 N–H and O–H groups in total. The number of benzene rings is 3. The SMILES string of the molecule is C1=C\c2ccc(c(-c3nnc(Nc4ccccc4)o3)c2)/C=C\c2ccc/1cc2. The lowest BCUT2D eigenvalue weighted by Gasteiger charge is -2.06. The van der Waals surface area contributed by atoms with E-state index in [1.54, 1.807) is 0 Å². The van der Waals surface area contributed by atoms with Gasteiger partial charge in [0.2, 0.25) is 5.89 Å². The predicted octanol–water partition coefficient (Wildman–Crippen LogP) is 6.13. The number of rotatable bonds is 3. The first-order chi connectivity index (χ1) is 13.8. The summed E-state index contributed by atoms with van der Waals surface area (Å²) in [7, 11) is 0. The minimum Gasteiger partial charge on any atom is -0.403 e. The summed E-state index contributed by atoms with van der Waals surface area (Å²) in [6.45, 7) is 0. The summed E-state index contributed by atoms with van der Waals surface area (Å²) in [6.07, 6.45) is 8.36. The molecule has 0 fully saturated rings. The van der Waals surface area contributed by atoms with Crippen molar-refractivity contribution in [2.75, 3.05) is 5.32 Å². The van der Waals surface area contributed by atoms with Gasteiger partial charge in [0.15, 0.2) is 0 Å². The van der Waals surface area contributed by atoms with Gasteiger partial charge < -0.3 is 9.73 Å². The van der Waals surface area contributed by atoms with Crippen LogP contribution in [-0.2, 0) is 0 Å². The summed E-state index contributed by atoms with van der Waals surface area (Å²) in [5.41, 5.74) is 6.21. The van der Waals surface area contributed by atoms with Gasteiger partial charge in [-0.05, 0) is 40.5 Å². The average molecular weight is 363 g/mol. The fraction of sp³-hybridized carbons (Fsp3) is 0. The molecular formula is C24H17N3O. The van der Waals surface area contributed by atoms with E-state index in [4.69, 9.17) is 4.42 Å². The van der Waals surface area contributed by atoms with Crippen molar-refractivity contribution in [1.82, 2.24) is 10.2 Å². The molecule has 0 amide bonds. The van der Waals surface area contributed by atoms with Crippen molar-refractivity contribution >= 4 is 36.0 Å². The fourth-order valence-corrected chi connectivity index (χ4v) is 3.13. The smallest absolute Gasteiger partial charge is 0.320 e. The van der Waals surface area contributed by atoms with Crippen LogP contribution < -0.4 is 5.32 Å². The van der Waals surface area contributed by atoms with Crippen molar-refractivity contribution in [3.05, 3.63) is 95.1 Å². The molecule has 0 atom stereocenters. The van der Waals surface area contributed by atoms with E-state index in [0.29, 0.717) is 11.9 Å². The molecule has 4 nitrogen and oxygen atoms in total. The van der Waals surface area contributed by atoms with E-state index in [2.05, 4.69) is 82.3 Å². The van der Waals surface area contributed by atoms with E-state index in [9.17, 15) is 0 Å². The summed E-state index contributed by atoms with van der Waals surface area (Å²) < 4.78 is 5.90. The van der Waals surface area contributed by atoms with Gasteiger partial charge in [0.05, 0.1) is 0 Å². The van der Waals surface area contributed by atoms with E-state index in [1.165, 1.54) is 0 Å². The summed E-state index contributed by atoms with van der Waals surface area (Å²) in [5, 5.41) is 11.5. The second-order valence-electron chi connectivity index (χ2n) is 6.58. The molecule has 4 aliphatic carbocycles. The first-order valence-corrected chi connectivity index (χ1v) is 9.10. The van der Waals surface area contributed by atoms with Gasteiger partial charge in [-0.25, -0.2) is 0 Å².